The first-order valence-corrected chi connectivity index (χ1v) is 10.6. The fraction of sp³-hybridized carbons (Fsp3) is 0.167. The summed E-state index contributed by atoms with van der Waals surface area (Å²) >= 11 is 12.0. The minimum atomic E-state index is -0.346. The van der Waals surface area contributed by atoms with Gasteiger partial charge in [-0.3, -0.25) is 4.79 Å². The van der Waals surface area contributed by atoms with E-state index in [9.17, 15) is 9.18 Å². The lowest BCUT2D eigenvalue weighted by Gasteiger charge is -2.13. The van der Waals surface area contributed by atoms with Gasteiger partial charge in [-0.05, 0) is 66.1 Å². The second kappa shape index (κ2) is 11.5. The molecule has 0 aromatic heterocycles. The number of amides is 1. The zero-order valence-corrected chi connectivity index (χ0v) is 18.8. The molecule has 0 fully saturated rings. The zero-order chi connectivity index (χ0) is 22.9. The predicted molar refractivity (Wildman–Crippen MR) is 124 cm³/mol. The minimum absolute atomic E-state index is 0.101. The molecule has 0 bridgehead atoms. The maximum absolute atomic E-state index is 12.9. The third kappa shape index (κ3) is 6.97. The highest BCUT2D eigenvalue weighted by atomic mass is 35.5. The number of nitrogens with zero attached hydrogens (tertiary/aromatic N) is 1. The van der Waals surface area contributed by atoms with Crippen LogP contribution in [-0.4, -0.2) is 18.7 Å². The molecule has 0 atom stereocenters. The number of nitrogens with one attached hydrogen (secondary N) is 1. The first-order chi connectivity index (χ1) is 15.4. The number of halogens is 3. The number of rotatable bonds is 9. The number of hydrogen-bond donors (Lipinski definition) is 1. The summed E-state index contributed by atoms with van der Waals surface area (Å²) in [5.41, 5.74) is 4.75. The number of benzene rings is 3. The lowest BCUT2D eigenvalue weighted by Crippen LogP contribution is -2.19. The van der Waals surface area contributed by atoms with Crippen molar-refractivity contribution in [2.24, 2.45) is 5.10 Å². The summed E-state index contributed by atoms with van der Waals surface area (Å²) in [6.07, 6.45) is 1.61. The van der Waals surface area contributed by atoms with Crippen LogP contribution in [0.5, 0.6) is 11.5 Å². The van der Waals surface area contributed by atoms with Gasteiger partial charge in [0, 0.05) is 0 Å². The van der Waals surface area contributed by atoms with Crippen LogP contribution in [-0.2, 0) is 17.8 Å². The van der Waals surface area contributed by atoms with E-state index in [0.29, 0.717) is 40.3 Å². The van der Waals surface area contributed by atoms with Crippen LogP contribution < -0.4 is 14.9 Å². The van der Waals surface area contributed by atoms with Crippen molar-refractivity contribution in [2.75, 3.05) is 6.61 Å². The largest absolute Gasteiger partial charge is 0.490 e. The molecule has 1 amide bonds. The van der Waals surface area contributed by atoms with Gasteiger partial charge in [0.1, 0.15) is 12.4 Å². The van der Waals surface area contributed by atoms with E-state index < -0.39 is 0 Å². The van der Waals surface area contributed by atoms with Crippen molar-refractivity contribution in [2.45, 2.75) is 20.0 Å². The van der Waals surface area contributed by atoms with Crippen LogP contribution in [0.2, 0.25) is 10.0 Å². The van der Waals surface area contributed by atoms with Gasteiger partial charge in [0.2, 0.25) is 5.91 Å². The lowest BCUT2D eigenvalue weighted by molar-refractivity contribution is -0.120. The fourth-order valence-corrected chi connectivity index (χ4v) is 3.11. The van der Waals surface area contributed by atoms with Gasteiger partial charge in [0.05, 0.1) is 29.3 Å². The Morgan fingerprint density at radius 2 is 1.72 bits per heavy atom. The van der Waals surface area contributed by atoms with Crippen molar-refractivity contribution >= 4 is 35.3 Å². The minimum Gasteiger partial charge on any atom is -0.490 e. The zero-order valence-electron chi connectivity index (χ0n) is 17.3. The van der Waals surface area contributed by atoms with Crippen LogP contribution in [0.25, 0.3) is 0 Å². The molecule has 0 heterocycles. The smallest absolute Gasteiger partial charge is 0.244 e. The molecule has 5 nitrogen and oxygen atoms in total. The van der Waals surface area contributed by atoms with Gasteiger partial charge in [-0.25, -0.2) is 9.82 Å². The van der Waals surface area contributed by atoms with E-state index in [2.05, 4.69) is 10.5 Å². The lowest BCUT2D eigenvalue weighted by atomic mass is 10.1. The summed E-state index contributed by atoms with van der Waals surface area (Å²) in [6, 6.07) is 16.4. The molecule has 0 aliphatic heterocycles. The Morgan fingerprint density at radius 3 is 2.44 bits per heavy atom. The van der Waals surface area contributed by atoms with Crippen molar-refractivity contribution < 1.29 is 18.7 Å². The van der Waals surface area contributed by atoms with Crippen LogP contribution >= 0.6 is 23.2 Å². The summed E-state index contributed by atoms with van der Waals surface area (Å²) in [5.74, 6) is 0.464. The standard InChI is InChI=1S/C24H21Cl2FN2O3/c1-2-31-23-12-17(14-28-29-24(30)13-16-3-7-19(27)8-4-16)6-10-22(23)32-15-18-5-9-20(25)21(26)11-18/h3-12,14H,2,13,15H2,1H3,(H,29,30)/b28-14+. The van der Waals surface area contributed by atoms with Gasteiger partial charge in [0.15, 0.2) is 11.5 Å². The van der Waals surface area contributed by atoms with Crippen LogP contribution in [0.15, 0.2) is 65.8 Å². The number of hydrazone groups is 1. The Kier molecular flexibility index (Phi) is 8.48. The van der Waals surface area contributed by atoms with Crippen molar-refractivity contribution in [3.63, 3.8) is 0 Å². The second-order valence-corrected chi connectivity index (χ2v) is 7.59. The monoisotopic (exact) mass is 474 g/mol. The Bertz CT molecular complexity index is 1100. The maximum atomic E-state index is 12.9. The summed E-state index contributed by atoms with van der Waals surface area (Å²) in [5, 5.41) is 4.92. The van der Waals surface area contributed by atoms with Gasteiger partial charge < -0.3 is 9.47 Å². The maximum Gasteiger partial charge on any atom is 0.244 e. The van der Waals surface area contributed by atoms with E-state index in [-0.39, 0.29) is 18.1 Å². The molecule has 3 aromatic rings. The molecule has 0 saturated carbocycles. The highest BCUT2D eigenvalue weighted by molar-refractivity contribution is 6.42. The Morgan fingerprint density at radius 1 is 0.969 bits per heavy atom. The van der Waals surface area contributed by atoms with Crippen molar-refractivity contribution in [3.8, 4) is 11.5 Å². The molecule has 166 valence electrons. The molecule has 0 unspecified atom stereocenters. The normalized spacial score (nSPS) is 10.9. The van der Waals surface area contributed by atoms with Gasteiger partial charge in [-0.15, -0.1) is 0 Å². The number of carbonyl (C=O) groups excluding carboxylic acids is 1. The van der Waals surface area contributed by atoms with E-state index in [1.54, 1.807) is 42.5 Å². The van der Waals surface area contributed by atoms with Gasteiger partial charge in [-0.1, -0.05) is 41.4 Å². The van der Waals surface area contributed by atoms with E-state index in [4.69, 9.17) is 32.7 Å². The third-order valence-electron chi connectivity index (χ3n) is 4.33. The Balaban J connectivity index is 1.60. The van der Waals surface area contributed by atoms with Gasteiger partial charge in [0.25, 0.3) is 0 Å². The third-order valence-corrected chi connectivity index (χ3v) is 5.07. The molecule has 3 rings (SSSR count). The molecule has 0 aliphatic rings. The average molecular weight is 475 g/mol. The van der Waals surface area contributed by atoms with E-state index >= 15 is 0 Å². The topological polar surface area (TPSA) is 59.9 Å². The number of carbonyl (C=O) groups is 1. The van der Waals surface area contributed by atoms with E-state index in [1.165, 1.54) is 18.3 Å². The summed E-state index contributed by atoms with van der Waals surface area (Å²) in [4.78, 5) is 12.0. The quantitative estimate of drug-likeness (QED) is 0.314. The fourth-order valence-electron chi connectivity index (χ4n) is 2.79. The Labute approximate surface area is 195 Å². The highest BCUT2D eigenvalue weighted by Crippen LogP contribution is 2.30. The molecular weight excluding hydrogens is 454 g/mol. The summed E-state index contributed by atoms with van der Waals surface area (Å²) in [7, 11) is 0. The Hall–Kier alpha value is -3.09. The van der Waals surface area contributed by atoms with Crippen molar-refractivity contribution in [1.29, 1.82) is 0 Å². The second-order valence-electron chi connectivity index (χ2n) is 6.77. The van der Waals surface area contributed by atoms with E-state index in [1.807, 2.05) is 13.0 Å². The first-order valence-electron chi connectivity index (χ1n) is 9.84. The van der Waals surface area contributed by atoms with Crippen LogP contribution in [0.3, 0.4) is 0 Å². The molecule has 32 heavy (non-hydrogen) atoms. The molecule has 0 aliphatic carbocycles. The number of ether oxygens (including phenoxy) is 2. The molecular formula is C24H21Cl2FN2O3. The molecule has 1 N–H and O–H groups in total. The summed E-state index contributed by atoms with van der Waals surface area (Å²) in [6.45, 7) is 2.63. The van der Waals surface area contributed by atoms with Crippen molar-refractivity contribution in [3.05, 3.63) is 93.2 Å². The summed E-state index contributed by atoms with van der Waals surface area (Å²) < 4.78 is 24.5. The molecule has 8 heteroatoms. The van der Waals surface area contributed by atoms with Crippen LogP contribution in [0, 0.1) is 5.82 Å². The molecule has 3 aromatic carbocycles. The van der Waals surface area contributed by atoms with Gasteiger partial charge in [-0.2, -0.15) is 5.10 Å². The SMILES string of the molecule is CCOc1cc(/C=N/NC(=O)Cc2ccc(F)cc2)ccc1OCc1ccc(Cl)c(Cl)c1. The number of hydrogen-bond acceptors (Lipinski definition) is 4. The molecule has 0 spiro atoms. The predicted octanol–water partition coefficient (Wildman–Crippen LogP) is 5.80. The first kappa shape index (κ1) is 23.6. The molecule has 0 radical (unpaired) electrons. The van der Waals surface area contributed by atoms with Gasteiger partial charge >= 0.3 is 0 Å². The molecule has 0 saturated heterocycles. The van der Waals surface area contributed by atoms with E-state index in [0.717, 1.165) is 11.1 Å². The van der Waals surface area contributed by atoms with Crippen molar-refractivity contribution in [1.82, 2.24) is 5.43 Å². The highest BCUT2D eigenvalue weighted by Gasteiger charge is 2.08. The van der Waals surface area contributed by atoms with Crippen LogP contribution in [0.1, 0.15) is 23.6 Å². The van der Waals surface area contributed by atoms with Crippen LogP contribution in [0.4, 0.5) is 4.39 Å². The average Bonchev–Trinajstić information content (AvgIpc) is 2.77.